The smallest absolute Gasteiger partial charge is 0.335 e. The lowest BCUT2D eigenvalue weighted by Crippen LogP contribution is -2.53. The number of hydrogen-bond acceptors (Lipinski definition) is 7. The van der Waals surface area contributed by atoms with Crippen molar-refractivity contribution in [2.24, 2.45) is 23.7 Å². The monoisotopic (exact) mass is 783 g/mol. The Balaban J connectivity index is 1.32. The van der Waals surface area contributed by atoms with E-state index in [2.05, 4.69) is 21.4 Å². The number of carboxylic acids is 1. The molecule has 3 fully saturated rings. The standard InChI is InChI=1S/C39H28BrClFN3O7/c40-21-6-15-31(46)29(17-21)33-26-13-14-27-32(36(49)44(34(27)47)25-3-1-2-19(16-25)37(50)51)28(26)18-30-35(48)45(43-24-11-9-23(42)10-12-24)38(52)39(30,33)20-4-7-22(41)8-5-20/h1-13,15-17,27-28,30,32-33,43,46H,14,18H2,(H,50,51)/t27-,28+,30-,32-,33+,39+/m0/s1. The fourth-order valence-electron chi connectivity index (χ4n) is 8.79. The summed E-state index contributed by atoms with van der Waals surface area (Å²) in [5, 5.41) is 22.4. The molecule has 1 saturated carbocycles. The number of hydrazine groups is 1. The summed E-state index contributed by atoms with van der Waals surface area (Å²) in [6.45, 7) is 0. The van der Waals surface area contributed by atoms with Gasteiger partial charge in [0.1, 0.15) is 11.6 Å². The maximum Gasteiger partial charge on any atom is 0.335 e. The normalized spacial score (nSPS) is 26.5. The van der Waals surface area contributed by atoms with Gasteiger partial charge in [-0.1, -0.05) is 57.4 Å². The number of carbonyl (C=O) groups is 5. The van der Waals surface area contributed by atoms with Crippen LogP contribution >= 0.6 is 27.5 Å². The third-order valence-corrected chi connectivity index (χ3v) is 11.7. The van der Waals surface area contributed by atoms with Crippen molar-refractivity contribution in [2.75, 3.05) is 10.3 Å². The van der Waals surface area contributed by atoms with Crippen LogP contribution in [-0.2, 0) is 24.6 Å². The van der Waals surface area contributed by atoms with Gasteiger partial charge in [0, 0.05) is 21.0 Å². The molecule has 4 aliphatic rings. The molecule has 4 aromatic rings. The zero-order valence-corrected chi connectivity index (χ0v) is 29.3. The van der Waals surface area contributed by atoms with E-state index in [0.29, 0.717) is 26.2 Å². The summed E-state index contributed by atoms with van der Waals surface area (Å²) in [6.07, 6.45) is 1.97. The Morgan fingerprint density at radius 1 is 0.904 bits per heavy atom. The molecule has 3 N–H and O–H groups in total. The number of nitrogens with zero attached hydrogens (tertiary/aromatic N) is 2. The molecule has 8 rings (SSSR count). The fourth-order valence-corrected chi connectivity index (χ4v) is 9.29. The molecule has 0 bridgehead atoms. The molecule has 0 radical (unpaired) electrons. The lowest BCUT2D eigenvalue weighted by atomic mass is 9.49. The average Bonchev–Trinajstić information content (AvgIpc) is 3.51. The maximum atomic E-state index is 15.2. The summed E-state index contributed by atoms with van der Waals surface area (Å²) in [5.41, 5.74) is 2.94. The first-order valence-corrected chi connectivity index (χ1v) is 17.6. The van der Waals surface area contributed by atoms with Gasteiger partial charge in [-0.15, -0.1) is 0 Å². The highest BCUT2D eigenvalue weighted by atomic mass is 79.9. The summed E-state index contributed by atoms with van der Waals surface area (Å²) >= 11 is 9.84. The van der Waals surface area contributed by atoms with Crippen LogP contribution in [0.1, 0.15) is 40.2 Å². The number of benzene rings is 4. The minimum Gasteiger partial charge on any atom is -0.508 e. The Morgan fingerprint density at radius 3 is 2.35 bits per heavy atom. The molecule has 52 heavy (non-hydrogen) atoms. The van der Waals surface area contributed by atoms with Crippen LogP contribution in [0.3, 0.4) is 0 Å². The third-order valence-electron chi connectivity index (χ3n) is 10.9. The first-order valence-electron chi connectivity index (χ1n) is 16.5. The van der Waals surface area contributed by atoms with Gasteiger partial charge >= 0.3 is 5.97 Å². The number of halogens is 3. The molecule has 13 heteroatoms. The SMILES string of the molecule is O=C(O)c1cccc(N2C(=O)[C@H]3[C@H](CC=C4[C@H]3C[C@H]3C(=O)N(Nc5ccc(F)cc5)C(=O)[C@@]3(c3ccc(Cl)cc3)[C@H]4c3cc(Br)ccc3O)C2=O)c1. The van der Waals surface area contributed by atoms with E-state index in [4.69, 9.17) is 11.6 Å². The summed E-state index contributed by atoms with van der Waals surface area (Å²) in [7, 11) is 0. The predicted molar refractivity (Wildman–Crippen MR) is 191 cm³/mol. The minimum absolute atomic E-state index is 0.00487. The van der Waals surface area contributed by atoms with E-state index in [1.54, 1.807) is 36.4 Å². The van der Waals surface area contributed by atoms with Gasteiger partial charge in [0.2, 0.25) is 11.8 Å². The van der Waals surface area contributed by atoms with Crippen LogP contribution in [0.15, 0.2) is 107 Å². The summed E-state index contributed by atoms with van der Waals surface area (Å²) in [5.74, 6) is -8.70. The lowest BCUT2D eigenvalue weighted by Gasteiger charge is -2.50. The van der Waals surface area contributed by atoms with Crippen molar-refractivity contribution in [3.63, 3.8) is 0 Å². The van der Waals surface area contributed by atoms with Crippen LogP contribution in [0.25, 0.3) is 0 Å². The van der Waals surface area contributed by atoms with E-state index in [9.17, 15) is 33.8 Å². The number of phenolic OH excluding ortho intramolecular Hbond substituents is 1. The van der Waals surface area contributed by atoms with E-state index in [-0.39, 0.29) is 35.5 Å². The average molecular weight is 785 g/mol. The quantitative estimate of drug-likeness (QED) is 0.143. The van der Waals surface area contributed by atoms with Gasteiger partial charge in [-0.2, -0.15) is 5.01 Å². The van der Waals surface area contributed by atoms with Crippen molar-refractivity contribution >= 4 is 68.5 Å². The number of carbonyl (C=O) groups excluding carboxylic acids is 4. The van der Waals surface area contributed by atoms with E-state index < -0.39 is 70.4 Å². The number of phenols is 1. The Bertz CT molecular complexity index is 2250. The molecule has 0 unspecified atom stereocenters. The number of anilines is 2. The number of rotatable bonds is 6. The first kappa shape index (κ1) is 33.8. The van der Waals surface area contributed by atoms with Crippen LogP contribution < -0.4 is 10.3 Å². The number of allylic oxidation sites excluding steroid dienone is 2. The second-order valence-electron chi connectivity index (χ2n) is 13.4. The van der Waals surface area contributed by atoms with Gasteiger partial charge in [0.25, 0.3) is 11.8 Å². The number of fused-ring (bicyclic) bond motifs is 4. The number of amides is 4. The molecule has 2 heterocycles. The highest BCUT2D eigenvalue weighted by Gasteiger charge is 2.70. The molecular weight excluding hydrogens is 757 g/mol. The van der Waals surface area contributed by atoms with Crippen LogP contribution in [0.2, 0.25) is 5.02 Å². The zero-order valence-electron chi connectivity index (χ0n) is 27.0. The maximum absolute atomic E-state index is 15.2. The molecule has 2 aliphatic carbocycles. The van der Waals surface area contributed by atoms with Crippen LogP contribution in [0.4, 0.5) is 15.8 Å². The Kier molecular flexibility index (Phi) is 8.07. The van der Waals surface area contributed by atoms with Crippen molar-refractivity contribution in [1.29, 1.82) is 0 Å². The van der Waals surface area contributed by atoms with Crippen molar-refractivity contribution in [3.05, 3.63) is 135 Å². The molecule has 262 valence electrons. The summed E-state index contributed by atoms with van der Waals surface area (Å²) < 4.78 is 14.4. The van der Waals surface area contributed by atoms with E-state index in [1.807, 2.05) is 6.08 Å². The number of hydrogen-bond donors (Lipinski definition) is 3. The molecule has 2 saturated heterocycles. The topological polar surface area (TPSA) is 144 Å². The molecule has 2 aliphatic heterocycles. The Labute approximate surface area is 309 Å². The number of aromatic carboxylic acids is 1. The van der Waals surface area contributed by atoms with Crippen molar-refractivity contribution in [3.8, 4) is 5.75 Å². The largest absolute Gasteiger partial charge is 0.508 e. The van der Waals surface area contributed by atoms with Crippen molar-refractivity contribution in [2.45, 2.75) is 24.2 Å². The molecule has 6 atom stereocenters. The van der Waals surface area contributed by atoms with Crippen LogP contribution in [-0.4, -0.2) is 44.8 Å². The third kappa shape index (κ3) is 4.99. The Hall–Kier alpha value is -5.33. The number of nitrogens with one attached hydrogen (secondary N) is 1. The molecule has 10 nitrogen and oxygen atoms in total. The molecular formula is C39H28BrClFN3O7. The minimum atomic E-state index is -1.66. The molecule has 4 amide bonds. The molecule has 0 spiro atoms. The lowest BCUT2D eigenvalue weighted by molar-refractivity contribution is -0.138. The molecule has 0 aromatic heterocycles. The van der Waals surface area contributed by atoms with Gasteiger partial charge in [-0.05, 0) is 97.1 Å². The van der Waals surface area contributed by atoms with Gasteiger partial charge in [0.05, 0.1) is 40.1 Å². The van der Waals surface area contributed by atoms with Crippen molar-refractivity contribution < 1.29 is 38.6 Å². The van der Waals surface area contributed by atoms with Crippen LogP contribution in [0.5, 0.6) is 5.75 Å². The highest BCUT2D eigenvalue weighted by molar-refractivity contribution is 9.10. The Morgan fingerprint density at radius 2 is 1.63 bits per heavy atom. The second kappa shape index (κ2) is 12.4. The first-order chi connectivity index (χ1) is 24.9. The van der Waals surface area contributed by atoms with Crippen molar-refractivity contribution in [1.82, 2.24) is 5.01 Å². The summed E-state index contributed by atoms with van der Waals surface area (Å²) in [4.78, 5) is 71.2. The van der Waals surface area contributed by atoms with E-state index in [1.165, 1.54) is 54.6 Å². The molecule has 4 aromatic carbocycles. The fraction of sp³-hybridized carbons (Fsp3) is 0.205. The van der Waals surface area contributed by atoms with Gasteiger partial charge in [0.15, 0.2) is 0 Å². The highest BCUT2D eigenvalue weighted by Crippen LogP contribution is 2.65. The van der Waals surface area contributed by atoms with Gasteiger partial charge in [-0.3, -0.25) is 29.5 Å². The summed E-state index contributed by atoms with van der Waals surface area (Å²) in [6, 6.07) is 22.2. The van der Waals surface area contributed by atoms with Crippen LogP contribution in [0, 0.1) is 29.5 Å². The number of imide groups is 2. The number of carboxylic acid groups (broad SMARTS) is 1. The predicted octanol–water partition coefficient (Wildman–Crippen LogP) is 6.83. The number of aromatic hydroxyl groups is 1. The second-order valence-corrected chi connectivity index (χ2v) is 14.8. The van der Waals surface area contributed by atoms with Gasteiger partial charge in [-0.25, -0.2) is 9.18 Å². The van der Waals surface area contributed by atoms with E-state index in [0.717, 1.165) is 9.91 Å². The van der Waals surface area contributed by atoms with E-state index >= 15 is 4.79 Å². The zero-order chi connectivity index (χ0) is 36.6. The van der Waals surface area contributed by atoms with Gasteiger partial charge < -0.3 is 10.2 Å².